The molecule has 0 bridgehead atoms. The van der Waals surface area contributed by atoms with Crippen LogP contribution in [-0.2, 0) is 6.54 Å². The molecule has 1 saturated heterocycles. The first-order valence-corrected chi connectivity index (χ1v) is 10.8. The fourth-order valence-electron chi connectivity index (χ4n) is 4.30. The van der Waals surface area contributed by atoms with Crippen LogP contribution in [0.3, 0.4) is 0 Å². The molecule has 30 heavy (non-hydrogen) atoms. The van der Waals surface area contributed by atoms with Crippen molar-refractivity contribution in [1.29, 1.82) is 0 Å². The molecule has 1 aliphatic heterocycles. The van der Waals surface area contributed by atoms with Crippen LogP contribution in [-0.4, -0.2) is 40.2 Å². The first-order chi connectivity index (χ1) is 14.6. The molecular weight excluding hydrogens is 372 g/mol. The van der Waals surface area contributed by atoms with Gasteiger partial charge in [0.05, 0.1) is 18.3 Å². The molecule has 2 heterocycles. The maximum Gasteiger partial charge on any atom is 0.251 e. The van der Waals surface area contributed by atoms with E-state index in [9.17, 15) is 4.79 Å². The summed E-state index contributed by atoms with van der Waals surface area (Å²) >= 11 is 0. The predicted octanol–water partition coefficient (Wildman–Crippen LogP) is 4.12. The SMILES string of the molecule is Cc1cc(C)n(Cc2cccc(C(=O)NCC(c3ccccc3)N3CCCC3)c2)n1. The highest BCUT2D eigenvalue weighted by Crippen LogP contribution is 2.24. The minimum Gasteiger partial charge on any atom is -0.350 e. The molecule has 5 nitrogen and oxygen atoms in total. The summed E-state index contributed by atoms with van der Waals surface area (Å²) in [6, 6.07) is 20.6. The molecule has 0 aliphatic carbocycles. The minimum atomic E-state index is -0.0228. The molecule has 4 rings (SSSR count). The van der Waals surface area contributed by atoms with E-state index in [0.29, 0.717) is 18.7 Å². The second-order valence-corrected chi connectivity index (χ2v) is 8.16. The number of hydrogen-bond donors (Lipinski definition) is 1. The standard InChI is InChI=1S/C25H30N4O/c1-19-15-20(2)29(27-19)18-21-9-8-12-23(16-21)25(30)26-17-24(28-13-6-7-14-28)22-10-4-3-5-11-22/h3-5,8-12,15-16,24H,6-7,13-14,17-18H2,1-2H3,(H,26,30). The molecule has 0 spiro atoms. The van der Waals surface area contributed by atoms with Crippen LogP contribution >= 0.6 is 0 Å². The molecule has 2 aromatic carbocycles. The number of nitrogens with zero attached hydrogens (tertiary/aromatic N) is 3. The monoisotopic (exact) mass is 402 g/mol. The number of likely N-dealkylation sites (tertiary alicyclic amines) is 1. The van der Waals surface area contributed by atoms with Crippen molar-refractivity contribution < 1.29 is 4.79 Å². The van der Waals surface area contributed by atoms with Crippen LogP contribution in [0.15, 0.2) is 60.7 Å². The van der Waals surface area contributed by atoms with Crippen molar-refractivity contribution in [2.24, 2.45) is 0 Å². The van der Waals surface area contributed by atoms with Gasteiger partial charge in [0, 0.05) is 17.8 Å². The second-order valence-electron chi connectivity index (χ2n) is 8.16. The molecule has 1 amide bonds. The lowest BCUT2D eigenvalue weighted by Crippen LogP contribution is -2.36. The molecular formula is C25H30N4O. The highest BCUT2D eigenvalue weighted by Gasteiger charge is 2.24. The van der Waals surface area contributed by atoms with Gasteiger partial charge in [0.1, 0.15) is 0 Å². The van der Waals surface area contributed by atoms with Gasteiger partial charge in [-0.1, -0.05) is 42.5 Å². The van der Waals surface area contributed by atoms with E-state index in [1.807, 2.05) is 41.9 Å². The topological polar surface area (TPSA) is 50.2 Å². The van der Waals surface area contributed by atoms with Crippen LogP contribution in [0.25, 0.3) is 0 Å². The van der Waals surface area contributed by atoms with Crippen LogP contribution in [0.2, 0.25) is 0 Å². The summed E-state index contributed by atoms with van der Waals surface area (Å²) in [4.78, 5) is 15.4. The number of hydrogen-bond acceptors (Lipinski definition) is 3. The highest BCUT2D eigenvalue weighted by atomic mass is 16.1. The zero-order valence-corrected chi connectivity index (χ0v) is 17.8. The lowest BCUT2D eigenvalue weighted by molar-refractivity contribution is 0.0938. The third-order valence-electron chi connectivity index (χ3n) is 5.85. The Hall–Kier alpha value is -2.92. The first-order valence-electron chi connectivity index (χ1n) is 10.8. The lowest BCUT2D eigenvalue weighted by Gasteiger charge is -2.28. The summed E-state index contributed by atoms with van der Waals surface area (Å²) in [5.74, 6) is -0.0228. The van der Waals surface area contributed by atoms with Crippen LogP contribution in [0.1, 0.15) is 51.8 Å². The molecule has 1 fully saturated rings. The van der Waals surface area contributed by atoms with Crippen molar-refractivity contribution in [3.63, 3.8) is 0 Å². The van der Waals surface area contributed by atoms with E-state index in [1.165, 1.54) is 18.4 Å². The number of aromatic nitrogens is 2. The van der Waals surface area contributed by atoms with Gasteiger partial charge >= 0.3 is 0 Å². The number of carbonyl (C=O) groups is 1. The number of amides is 1. The molecule has 156 valence electrons. The van der Waals surface area contributed by atoms with E-state index < -0.39 is 0 Å². The Morgan fingerprint density at radius 2 is 1.80 bits per heavy atom. The van der Waals surface area contributed by atoms with Gasteiger partial charge < -0.3 is 5.32 Å². The minimum absolute atomic E-state index is 0.0228. The fourth-order valence-corrected chi connectivity index (χ4v) is 4.30. The Labute approximate surface area is 178 Å². The molecule has 1 unspecified atom stereocenters. The second kappa shape index (κ2) is 9.26. The van der Waals surface area contributed by atoms with E-state index in [1.54, 1.807) is 0 Å². The van der Waals surface area contributed by atoms with E-state index in [0.717, 1.165) is 30.0 Å². The van der Waals surface area contributed by atoms with E-state index in [2.05, 4.69) is 52.6 Å². The summed E-state index contributed by atoms with van der Waals surface area (Å²) in [6.45, 7) is 7.52. The van der Waals surface area contributed by atoms with Crippen molar-refractivity contribution in [3.8, 4) is 0 Å². The summed E-state index contributed by atoms with van der Waals surface area (Å²) in [7, 11) is 0. The Bertz CT molecular complexity index is 989. The summed E-state index contributed by atoms with van der Waals surface area (Å²) in [6.07, 6.45) is 2.46. The predicted molar refractivity (Wildman–Crippen MR) is 120 cm³/mol. The quantitative estimate of drug-likeness (QED) is 0.647. The Morgan fingerprint density at radius 3 is 2.50 bits per heavy atom. The van der Waals surface area contributed by atoms with Crippen molar-refractivity contribution in [3.05, 3.63) is 88.7 Å². The van der Waals surface area contributed by atoms with Gasteiger partial charge in [0.15, 0.2) is 0 Å². The van der Waals surface area contributed by atoms with Gasteiger partial charge in [-0.3, -0.25) is 14.4 Å². The number of carbonyl (C=O) groups excluding carboxylic acids is 1. The van der Waals surface area contributed by atoms with E-state index in [-0.39, 0.29) is 11.9 Å². The number of benzene rings is 2. The number of nitrogens with one attached hydrogen (secondary N) is 1. The Morgan fingerprint density at radius 1 is 1.03 bits per heavy atom. The maximum atomic E-state index is 12.9. The molecule has 0 saturated carbocycles. The molecule has 3 aromatic rings. The van der Waals surface area contributed by atoms with Gasteiger partial charge in [-0.2, -0.15) is 5.10 Å². The van der Waals surface area contributed by atoms with Crippen molar-refractivity contribution in [2.45, 2.75) is 39.3 Å². The van der Waals surface area contributed by atoms with Crippen LogP contribution < -0.4 is 5.32 Å². The van der Waals surface area contributed by atoms with Crippen LogP contribution in [0.5, 0.6) is 0 Å². The van der Waals surface area contributed by atoms with Crippen molar-refractivity contribution in [2.75, 3.05) is 19.6 Å². The summed E-state index contributed by atoms with van der Waals surface area (Å²) in [5.41, 5.74) is 5.17. The normalized spacial score (nSPS) is 15.3. The van der Waals surface area contributed by atoms with E-state index >= 15 is 0 Å². The molecule has 1 aliphatic rings. The highest BCUT2D eigenvalue weighted by molar-refractivity contribution is 5.94. The molecule has 5 heteroatoms. The largest absolute Gasteiger partial charge is 0.350 e. The Kier molecular flexibility index (Phi) is 6.29. The summed E-state index contributed by atoms with van der Waals surface area (Å²) < 4.78 is 1.98. The van der Waals surface area contributed by atoms with Crippen molar-refractivity contribution >= 4 is 5.91 Å². The van der Waals surface area contributed by atoms with Crippen LogP contribution in [0, 0.1) is 13.8 Å². The van der Waals surface area contributed by atoms with Gasteiger partial charge in [0.25, 0.3) is 5.91 Å². The zero-order valence-electron chi connectivity index (χ0n) is 17.8. The van der Waals surface area contributed by atoms with Crippen molar-refractivity contribution in [1.82, 2.24) is 20.0 Å². The third-order valence-corrected chi connectivity index (χ3v) is 5.85. The average Bonchev–Trinajstić information content (AvgIpc) is 3.39. The van der Waals surface area contributed by atoms with Gasteiger partial charge in [0.2, 0.25) is 0 Å². The number of aryl methyl sites for hydroxylation is 2. The van der Waals surface area contributed by atoms with E-state index in [4.69, 9.17) is 0 Å². The molecule has 0 radical (unpaired) electrons. The molecule has 1 atom stereocenters. The van der Waals surface area contributed by atoms with Crippen LogP contribution in [0.4, 0.5) is 0 Å². The van der Waals surface area contributed by atoms with Gasteiger partial charge in [-0.25, -0.2) is 0 Å². The maximum absolute atomic E-state index is 12.9. The first kappa shape index (κ1) is 20.4. The average molecular weight is 403 g/mol. The molecule has 1 aromatic heterocycles. The smallest absolute Gasteiger partial charge is 0.251 e. The third kappa shape index (κ3) is 4.79. The number of rotatable bonds is 7. The lowest BCUT2D eigenvalue weighted by atomic mass is 10.0. The van der Waals surface area contributed by atoms with Gasteiger partial charge in [-0.05, 0) is 69.1 Å². The van der Waals surface area contributed by atoms with Gasteiger partial charge in [-0.15, -0.1) is 0 Å². The Balaban J connectivity index is 1.44. The molecule has 1 N–H and O–H groups in total. The zero-order chi connectivity index (χ0) is 20.9. The summed E-state index contributed by atoms with van der Waals surface area (Å²) in [5, 5.41) is 7.71. The fraction of sp³-hybridized carbons (Fsp3) is 0.360.